The number of nitrogens with one attached hydrogen (secondary N) is 1. The molecule has 1 aliphatic heterocycles. The summed E-state index contributed by atoms with van der Waals surface area (Å²) in [5.41, 5.74) is 4.36. The standard InChI is InChI=1S/C17H17N5O/c1-12-15(13-5-3-2-4-6-13)19-20-16(12)17(23)21-7-8-22-11-18-9-14(22)10-21/h2-6,9,11H,7-8,10H2,1H3,(H,19,20). The van der Waals surface area contributed by atoms with Gasteiger partial charge in [0.1, 0.15) is 5.69 Å². The molecule has 6 heteroatoms. The summed E-state index contributed by atoms with van der Waals surface area (Å²) in [7, 11) is 0. The molecule has 4 rings (SSSR count). The summed E-state index contributed by atoms with van der Waals surface area (Å²) in [5.74, 6) is -0.00960. The van der Waals surface area contributed by atoms with Gasteiger partial charge < -0.3 is 9.47 Å². The number of aromatic amines is 1. The van der Waals surface area contributed by atoms with Gasteiger partial charge in [-0.25, -0.2) is 4.98 Å². The van der Waals surface area contributed by atoms with Gasteiger partial charge in [-0.05, 0) is 6.92 Å². The number of fused-ring (bicyclic) bond motifs is 1. The SMILES string of the molecule is Cc1c(-c2ccccc2)n[nH]c1C(=O)N1CCn2cncc2C1. The summed E-state index contributed by atoms with van der Waals surface area (Å²) >= 11 is 0. The fraction of sp³-hybridized carbons (Fsp3) is 0.235. The second-order valence-electron chi connectivity index (χ2n) is 5.74. The highest BCUT2D eigenvalue weighted by atomic mass is 16.2. The van der Waals surface area contributed by atoms with Crippen LogP contribution in [-0.4, -0.2) is 37.1 Å². The molecule has 1 N–H and O–H groups in total. The summed E-state index contributed by atoms with van der Waals surface area (Å²) in [6.45, 7) is 3.98. The quantitative estimate of drug-likeness (QED) is 0.789. The van der Waals surface area contributed by atoms with Gasteiger partial charge >= 0.3 is 0 Å². The summed E-state index contributed by atoms with van der Waals surface area (Å²) in [6.07, 6.45) is 3.63. The molecule has 0 bridgehead atoms. The van der Waals surface area contributed by atoms with Crippen molar-refractivity contribution in [1.82, 2.24) is 24.6 Å². The van der Waals surface area contributed by atoms with Crippen molar-refractivity contribution in [2.75, 3.05) is 6.54 Å². The molecule has 1 amide bonds. The predicted octanol–water partition coefficient (Wildman–Crippen LogP) is 2.24. The van der Waals surface area contributed by atoms with E-state index < -0.39 is 0 Å². The monoisotopic (exact) mass is 307 g/mol. The number of hydrogen-bond acceptors (Lipinski definition) is 3. The molecule has 0 saturated carbocycles. The molecule has 3 aromatic rings. The Morgan fingerprint density at radius 3 is 2.87 bits per heavy atom. The number of carbonyl (C=O) groups excluding carboxylic acids is 1. The van der Waals surface area contributed by atoms with Crippen LogP contribution < -0.4 is 0 Å². The van der Waals surface area contributed by atoms with E-state index in [1.54, 1.807) is 0 Å². The molecular formula is C17H17N5O. The molecule has 0 atom stereocenters. The Morgan fingerprint density at radius 2 is 2.04 bits per heavy atom. The smallest absolute Gasteiger partial charge is 0.272 e. The lowest BCUT2D eigenvalue weighted by atomic mass is 10.1. The van der Waals surface area contributed by atoms with Crippen molar-refractivity contribution in [2.24, 2.45) is 0 Å². The second-order valence-corrected chi connectivity index (χ2v) is 5.74. The third-order valence-electron chi connectivity index (χ3n) is 4.32. The zero-order valence-electron chi connectivity index (χ0n) is 12.9. The summed E-state index contributed by atoms with van der Waals surface area (Å²) in [4.78, 5) is 18.8. The highest BCUT2D eigenvalue weighted by molar-refractivity contribution is 5.95. The van der Waals surface area contributed by atoms with Crippen molar-refractivity contribution >= 4 is 5.91 Å². The van der Waals surface area contributed by atoms with Crippen molar-refractivity contribution in [3.63, 3.8) is 0 Å². The van der Waals surface area contributed by atoms with Gasteiger partial charge in [0.2, 0.25) is 0 Å². The molecule has 1 aromatic carbocycles. The first-order chi connectivity index (χ1) is 11.2. The number of H-pyrrole nitrogens is 1. The molecule has 1 aliphatic rings. The normalized spacial score (nSPS) is 13.9. The fourth-order valence-corrected chi connectivity index (χ4v) is 3.00. The highest BCUT2D eigenvalue weighted by Gasteiger charge is 2.25. The van der Waals surface area contributed by atoms with Crippen molar-refractivity contribution < 1.29 is 4.79 Å². The first-order valence-corrected chi connectivity index (χ1v) is 7.62. The third-order valence-corrected chi connectivity index (χ3v) is 4.32. The summed E-state index contributed by atoms with van der Waals surface area (Å²) in [6, 6.07) is 9.90. The van der Waals surface area contributed by atoms with Gasteiger partial charge in [-0.2, -0.15) is 5.10 Å². The molecule has 2 aromatic heterocycles. The van der Waals surface area contributed by atoms with Crippen LogP contribution in [0.5, 0.6) is 0 Å². The lowest BCUT2D eigenvalue weighted by Gasteiger charge is -2.27. The van der Waals surface area contributed by atoms with Gasteiger partial charge in [0.15, 0.2) is 0 Å². The second kappa shape index (κ2) is 5.39. The van der Waals surface area contributed by atoms with Gasteiger partial charge in [0.25, 0.3) is 5.91 Å². The van der Waals surface area contributed by atoms with Crippen LogP contribution in [0.25, 0.3) is 11.3 Å². The minimum Gasteiger partial charge on any atom is -0.331 e. The van der Waals surface area contributed by atoms with Gasteiger partial charge in [0, 0.05) is 30.4 Å². The molecule has 0 fully saturated rings. The summed E-state index contributed by atoms with van der Waals surface area (Å²) < 4.78 is 2.08. The van der Waals surface area contributed by atoms with Crippen LogP contribution in [0.15, 0.2) is 42.9 Å². The molecule has 6 nitrogen and oxygen atoms in total. The number of imidazole rings is 1. The number of amides is 1. The predicted molar refractivity (Wildman–Crippen MR) is 85.7 cm³/mol. The fourth-order valence-electron chi connectivity index (χ4n) is 3.00. The topological polar surface area (TPSA) is 66.8 Å². The van der Waals surface area contributed by atoms with Crippen LogP contribution in [0.4, 0.5) is 0 Å². The molecule has 0 saturated heterocycles. The Bertz CT molecular complexity index is 849. The number of aromatic nitrogens is 4. The number of rotatable bonds is 2. The van der Waals surface area contributed by atoms with E-state index in [9.17, 15) is 4.79 Å². The van der Waals surface area contributed by atoms with E-state index in [2.05, 4.69) is 19.7 Å². The van der Waals surface area contributed by atoms with E-state index in [0.717, 1.165) is 29.1 Å². The van der Waals surface area contributed by atoms with Crippen molar-refractivity contribution in [1.29, 1.82) is 0 Å². The maximum absolute atomic E-state index is 12.8. The van der Waals surface area contributed by atoms with E-state index in [0.29, 0.717) is 18.8 Å². The van der Waals surface area contributed by atoms with E-state index >= 15 is 0 Å². The van der Waals surface area contributed by atoms with Crippen LogP contribution in [-0.2, 0) is 13.1 Å². The molecule has 116 valence electrons. The number of hydrogen-bond donors (Lipinski definition) is 1. The van der Waals surface area contributed by atoms with Crippen LogP contribution in [0.3, 0.4) is 0 Å². The Morgan fingerprint density at radius 1 is 1.22 bits per heavy atom. The van der Waals surface area contributed by atoms with E-state index in [1.807, 2.05) is 54.7 Å². The molecular weight excluding hydrogens is 290 g/mol. The molecule has 0 aliphatic carbocycles. The lowest BCUT2D eigenvalue weighted by molar-refractivity contribution is 0.0704. The van der Waals surface area contributed by atoms with Crippen LogP contribution in [0.2, 0.25) is 0 Å². The Hall–Kier alpha value is -2.89. The van der Waals surface area contributed by atoms with Crippen LogP contribution >= 0.6 is 0 Å². The van der Waals surface area contributed by atoms with Crippen LogP contribution in [0, 0.1) is 6.92 Å². The molecule has 3 heterocycles. The Balaban J connectivity index is 1.62. The van der Waals surface area contributed by atoms with Gasteiger partial charge in [0.05, 0.1) is 24.3 Å². The first kappa shape index (κ1) is 13.8. The minimum atomic E-state index is -0.00960. The average Bonchev–Trinajstić information content (AvgIpc) is 3.20. The largest absolute Gasteiger partial charge is 0.331 e. The van der Waals surface area contributed by atoms with Gasteiger partial charge in [-0.15, -0.1) is 0 Å². The lowest BCUT2D eigenvalue weighted by Crippen LogP contribution is -2.38. The maximum Gasteiger partial charge on any atom is 0.272 e. The number of nitrogens with zero attached hydrogens (tertiary/aromatic N) is 4. The molecule has 0 spiro atoms. The van der Waals surface area contributed by atoms with Crippen LogP contribution in [0.1, 0.15) is 21.7 Å². The van der Waals surface area contributed by atoms with E-state index in [-0.39, 0.29) is 5.91 Å². The zero-order chi connectivity index (χ0) is 15.8. The van der Waals surface area contributed by atoms with E-state index in [1.165, 1.54) is 0 Å². The summed E-state index contributed by atoms with van der Waals surface area (Å²) in [5, 5.41) is 7.27. The molecule has 0 radical (unpaired) electrons. The minimum absolute atomic E-state index is 0.00960. The average molecular weight is 307 g/mol. The molecule has 0 unspecified atom stereocenters. The highest BCUT2D eigenvalue weighted by Crippen LogP contribution is 2.24. The maximum atomic E-state index is 12.8. The number of carbonyl (C=O) groups is 1. The van der Waals surface area contributed by atoms with Gasteiger partial charge in [-0.1, -0.05) is 30.3 Å². The molecule has 23 heavy (non-hydrogen) atoms. The van der Waals surface area contributed by atoms with Crippen molar-refractivity contribution in [3.8, 4) is 11.3 Å². The third kappa shape index (κ3) is 2.32. The van der Waals surface area contributed by atoms with E-state index in [4.69, 9.17) is 0 Å². The van der Waals surface area contributed by atoms with Crippen molar-refractivity contribution in [3.05, 3.63) is 59.8 Å². The number of benzene rings is 1. The Kier molecular flexibility index (Phi) is 3.22. The van der Waals surface area contributed by atoms with Crippen molar-refractivity contribution in [2.45, 2.75) is 20.0 Å². The zero-order valence-corrected chi connectivity index (χ0v) is 12.9. The Labute approximate surface area is 133 Å². The van der Waals surface area contributed by atoms with Gasteiger partial charge in [-0.3, -0.25) is 9.89 Å². The first-order valence-electron chi connectivity index (χ1n) is 7.62.